The molecule has 0 heterocycles. The highest BCUT2D eigenvalue weighted by Crippen LogP contribution is 2.50. The number of sulfone groups is 1. The second-order valence-corrected chi connectivity index (χ2v) is 39.8. The van der Waals surface area contributed by atoms with E-state index in [9.17, 15) is 44.3 Å². The summed E-state index contributed by atoms with van der Waals surface area (Å²) < 4.78 is 103. The van der Waals surface area contributed by atoms with Crippen LogP contribution in [0.3, 0.4) is 0 Å². The van der Waals surface area contributed by atoms with Crippen LogP contribution in [0.2, 0.25) is 0 Å². The Morgan fingerprint density at radius 3 is 0.758 bits per heavy atom. The highest BCUT2D eigenvalue weighted by Gasteiger charge is 2.64. The molecular formula is C113H198F6O7S2. The van der Waals surface area contributed by atoms with Gasteiger partial charge in [-0.15, -0.1) is 0 Å². The zero-order valence-corrected chi connectivity index (χ0v) is 78.3. The van der Waals surface area contributed by atoms with Crippen molar-refractivity contribution in [2.75, 3.05) is 53.5 Å². The molecule has 0 amide bonds. The van der Waals surface area contributed by atoms with Crippen LogP contribution in [0.25, 0.3) is 11.1 Å². The third-order valence-corrected chi connectivity index (χ3v) is 17.7. The Morgan fingerprint density at radius 2 is 0.578 bits per heavy atom. The molecule has 0 aliphatic heterocycles. The van der Waals surface area contributed by atoms with Crippen molar-refractivity contribution >= 4 is 33.2 Å². The minimum Gasteiger partial charge on any atom is -0.497 e. The van der Waals surface area contributed by atoms with Gasteiger partial charge in [-0.2, -0.15) is 38.1 Å². The fourth-order valence-corrected chi connectivity index (χ4v) is 10.5. The van der Waals surface area contributed by atoms with Crippen LogP contribution in [0.1, 0.15) is 378 Å². The number of carbonyl (C=O) groups excluding carboxylic acids is 2. The summed E-state index contributed by atoms with van der Waals surface area (Å²) in [6.07, 6.45) is 4.47. The van der Waals surface area contributed by atoms with Gasteiger partial charge in [0.15, 0.2) is 17.0 Å². The van der Waals surface area contributed by atoms with E-state index in [4.69, 9.17) is 9.47 Å². The number of aryl methyl sites for hydroxylation is 2. The molecule has 0 saturated heterocycles. The number of ether oxygens (including phenoxy) is 3. The molecule has 8 aromatic rings. The molecule has 2 aliphatic rings. The average molecular weight is 1850 g/mol. The lowest BCUT2D eigenvalue weighted by molar-refractivity contribution is -0.327. The van der Waals surface area contributed by atoms with Crippen LogP contribution in [0.4, 0.5) is 26.3 Å². The maximum atomic E-state index is 12.5. The van der Waals surface area contributed by atoms with Gasteiger partial charge in [0.25, 0.3) is 0 Å². The normalized spacial score (nSPS) is 11.8. The Bertz CT molecular complexity index is 3890. The molecule has 0 atom stereocenters. The third-order valence-electron chi connectivity index (χ3n) is 17.7. The van der Waals surface area contributed by atoms with Crippen molar-refractivity contribution in [2.24, 2.45) is 16.2 Å². The summed E-state index contributed by atoms with van der Waals surface area (Å²) in [6.45, 7) is 53.6. The predicted molar refractivity (Wildman–Crippen MR) is 571 cm³/mol. The fraction of sp³-hybridized carbons (Fsp3) is 0.558. The molecule has 0 N–H and O–H groups in total. The molecule has 8 aromatic carbocycles. The van der Waals surface area contributed by atoms with Gasteiger partial charge < -0.3 is 14.2 Å². The van der Waals surface area contributed by atoms with Gasteiger partial charge in [-0.3, -0.25) is 9.59 Å². The number of ketones is 2. The van der Waals surface area contributed by atoms with Crippen LogP contribution in [0.5, 0.6) is 11.5 Å². The van der Waals surface area contributed by atoms with Crippen LogP contribution in [-0.4, -0.2) is 85.8 Å². The van der Waals surface area contributed by atoms with Crippen molar-refractivity contribution in [1.29, 1.82) is 0 Å². The summed E-state index contributed by atoms with van der Waals surface area (Å²) in [4.78, 5) is 24.9. The number of methoxy groups -OCH3 is 3. The van der Waals surface area contributed by atoms with E-state index in [1.807, 2.05) is 99.2 Å². The van der Waals surface area contributed by atoms with E-state index in [0.717, 1.165) is 35.1 Å². The average Bonchev–Trinajstić information content (AvgIpc) is 1.58. The fourth-order valence-electron chi connectivity index (χ4n) is 10.5. The molecule has 128 heavy (non-hydrogen) atoms. The second kappa shape index (κ2) is 70.3. The lowest BCUT2D eigenvalue weighted by Crippen LogP contribution is -2.44. The second-order valence-electron chi connectivity index (χ2n) is 36.7. The van der Waals surface area contributed by atoms with E-state index < -0.39 is 27.6 Å². The standard InChI is InChI=1S/C22H18O2.C15H14.2C14H22.C8H10O2.C8H16.C5H6F6.C5H12.C3H8.C2H6O2S.C2H6O.C2H6S.13CH4/c1-15-3-7-17(8-4-15)21(23)19-11-13-20(14-12-19)22(24)18-9-5-16(2)6-10-18;1-15(2)13-9-5-3-7-11(13)12-8-4-6-10-14(12)15;1-13(2,3)11-7-9-12(10-8-11)14(4,5)6;1-13(2,3)11-8-7-9-12(10-11)14(4,5)6;1-9-7-3-5-8(10-2)6-4-7;1-8(2)6-4-3-5-7-8;1-3(2,4(6,7)8)5(9,10)11;1-5(2,3)4;1-3-2;1-5(2,3)4;2*1-3-2;;;;;;;;;;;;;/h3-14H,1-2H3;3-10H,1-2H3;2*7-10H,1-6H3;3-6H,1-2H3;3-7H2,1-2H3;1-2H3;1-4H3;3H2,1-2H3;1-2H3;2*1-2H3;13*1H4. The van der Waals surface area contributed by atoms with Gasteiger partial charge in [0.05, 0.1) is 14.2 Å². The zero-order valence-electron chi connectivity index (χ0n) is 76.7. The van der Waals surface area contributed by atoms with Gasteiger partial charge in [-0.25, -0.2) is 8.42 Å². The number of carbonyl (C=O) groups is 2. The molecule has 746 valence electrons. The van der Waals surface area contributed by atoms with Crippen LogP contribution < -0.4 is 9.47 Å². The van der Waals surface area contributed by atoms with Gasteiger partial charge in [0.2, 0.25) is 0 Å². The zero-order chi connectivity index (χ0) is 89.6. The lowest BCUT2D eigenvalue weighted by atomic mass is 9.78. The topological polar surface area (TPSA) is 96.0 Å². The highest BCUT2D eigenvalue weighted by atomic mass is 32.2. The number of hydrogen-bond acceptors (Lipinski definition) is 8. The number of halogens is 6. The summed E-state index contributed by atoms with van der Waals surface area (Å²) in [5, 5.41) is 0. The molecule has 0 unspecified atom stereocenters. The quantitative estimate of drug-likeness (QED) is 0.120. The Labute approximate surface area is 794 Å². The Morgan fingerprint density at radius 1 is 0.367 bits per heavy atom. The van der Waals surface area contributed by atoms with E-state index in [-0.39, 0.29) is 149 Å². The van der Waals surface area contributed by atoms with E-state index >= 15 is 0 Å². The number of rotatable bonds is 6. The molecule has 2 aliphatic carbocycles. The minimum absolute atomic E-state index is 0. The molecular weight excluding hydrogens is 1650 g/mol. The largest absolute Gasteiger partial charge is 0.497 e. The summed E-state index contributed by atoms with van der Waals surface area (Å²) in [5.41, 5.74) is 14.8. The molecule has 7 nitrogen and oxygen atoms in total. The summed E-state index contributed by atoms with van der Waals surface area (Å²) >= 11 is 1.75. The highest BCUT2D eigenvalue weighted by molar-refractivity contribution is 7.97. The molecule has 0 radical (unpaired) electrons. The molecule has 1 saturated carbocycles. The van der Waals surface area contributed by atoms with Gasteiger partial charge in [-0.1, -0.05) is 456 Å². The molecule has 0 spiro atoms. The number of thioether (sulfide) groups is 1. The van der Waals surface area contributed by atoms with Crippen molar-refractivity contribution in [3.8, 4) is 22.6 Å². The van der Waals surface area contributed by atoms with Crippen LogP contribution >= 0.6 is 11.8 Å². The van der Waals surface area contributed by atoms with E-state index in [0.29, 0.717) is 33.1 Å². The van der Waals surface area contributed by atoms with E-state index in [1.54, 1.807) is 64.5 Å². The van der Waals surface area contributed by atoms with Crippen molar-refractivity contribution in [1.82, 2.24) is 0 Å². The van der Waals surface area contributed by atoms with E-state index in [2.05, 4.69) is 254 Å². The summed E-state index contributed by atoms with van der Waals surface area (Å²) in [6, 6.07) is 64.6. The van der Waals surface area contributed by atoms with Crippen molar-refractivity contribution in [2.45, 2.75) is 355 Å². The van der Waals surface area contributed by atoms with Gasteiger partial charge in [-0.05, 0) is 154 Å². The summed E-state index contributed by atoms with van der Waals surface area (Å²) in [5.74, 6) is 1.62. The van der Waals surface area contributed by atoms with Crippen molar-refractivity contribution in [3.05, 3.63) is 261 Å². The monoisotopic (exact) mass is 1850 g/mol. The summed E-state index contributed by atoms with van der Waals surface area (Å²) in [7, 11) is 3.86. The first-order valence-corrected chi connectivity index (χ1v) is 43.4. The van der Waals surface area contributed by atoms with Crippen LogP contribution in [0, 0.1) is 30.1 Å². The SMILES string of the molecule is C.C.C.C.C.C.C.C.C.C.C.C.C.CC(C)(C(F)(F)F)C(F)(F)F.CC(C)(C)C.CC(C)(C)c1ccc(C(C)(C)C)cc1.CC(C)(C)c1cccc(C(C)(C)C)c1.CC1(C)CCCCC1.CC1(C)c2ccccc2-c2ccccc21.CCC.COC.COc1ccc(OC)cc1.CS(C)(=O)=O.CSC.Cc1ccc(C(=O)c2ccc(C(=O)c3ccc(C)cc3)cc2)cc1. The number of fused-ring (bicyclic) bond motifs is 3. The molecule has 0 aromatic heterocycles. The predicted octanol–water partition coefficient (Wildman–Crippen LogP) is 37.8. The van der Waals surface area contributed by atoms with Crippen molar-refractivity contribution < 1.29 is 58.6 Å². The van der Waals surface area contributed by atoms with Gasteiger partial charge in [0.1, 0.15) is 21.3 Å². The molecule has 0 bridgehead atoms. The maximum Gasteiger partial charge on any atom is 0.402 e. The minimum atomic E-state index is -5.24. The molecule has 1 fully saturated rings. The Balaban J connectivity index is -0.0000000866. The third kappa shape index (κ3) is 62.0. The van der Waals surface area contributed by atoms with Crippen LogP contribution in [0.15, 0.2) is 194 Å². The first-order valence-electron chi connectivity index (χ1n) is 39.5. The maximum absolute atomic E-state index is 12.5. The number of benzene rings is 8. The smallest absolute Gasteiger partial charge is 0.402 e. The number of hydrogen-bond donors (Lipinski definition) is 0. The van der Waals surface area contributed by atoms with Crippen molar-refractivity contribution in [3.63, 3.8) is 0 Å². The first-order chi connectivity index (χ1) is 52.5. The van der Waals surface area contributed by atoms with Gasteiger partial charge >= 0.3 is 12.4 Å². The van der Waals surface area contributed by atoms with Crippen LogP contribution in [-0.2, 0) is 41.6 Å². The Kier molecular flexibility index (Phi) is 85.0. The number of alkyl halides is 6. The lowest BCUT2D eigenvalue weighted by Gasteiger charge is -2.29. The molecule has 10 rings (SSSR count). The van der Waals surface area contributed by atoms with Gasteiger partial charge in [0, 0.05) is 54.4 Å². The molecule has 15 heteroatoms. The van der Waals surface area contributed by atoms with E-state index in [1.165, 1.54) is 83.0 Å². The Hall–Kier alpha value is -7.46. The first kappa shape index (κ1) is 155.